The molecular formula is C18H20N2O. The Kier molecular flexibility index (Phi) is 3.74. The molecule has 0 spiro atoms. The fourth-order valence-corrected chi connectivity index (χ4v) is 3.05. The van der Waals surface area contributed by atoms with Crippen LogP contribution < -0.4 is 5.69 Å². The quantitative estimate of drug-likeness (QED) is 0.577. The molecule has 2 aromatic carbocycles. The van der Waals surface area contributed by atoms with Crippen molar-refractivity contribution >= 4 is 21.7 Å². The van der Waals surface area contributed by atoms with Crippen molar-refractivity contribution in [3.8, 4) is 0 Å². The van der Waals surface area contributed by atoms with E-state index < -0.39 is 0 Å². The summed E-state index contributed by atoms with van der Waals surface area (Å²) in [5.41, 5.74) is 2.72. The number of nitrogens with one attached hydrogen (secondary N) is 1. The van der Waals surface area contributed by atoms with E-state index in [0.29, 0.717) is 0 Å². The lowest BCUT2D eigenvalue weighted by Crippen LogP contribution is -2.12. The molecule has 1 heterocycles. The highest BCUT2D eigenvalue weighted by Crippen LogP contribution is 2.29. The van der Waals surface area contributed by atoms with Crippen LogP contribution in [0, 0.1) is 6.92 Å². The molecule has 0 fully saturated rings. The van der Waals surface area contributed by atoms with Crippen molar-refractivity contribution in [1.29, 1.82) is 0 Å². The molecule has 0 saturated heterocycles. The summed E-state index contributed by atoms with van der Waals surface area (Å²) in [6, 6.07) is 10.5. The van der Waals surface area contributed by atoms with Gasteiger partial charge in [-0.05, 0) is 42.2 Å². The summed E-state index contributed by atoms with van der Waals surface area (Å²) >= 11 is 0. The van der Waals surface area contributed by atoms with Gasteiger partial charge in [-0.15, -0.1) is 0 Å². The molecule has 3 heteroatoms. The van der Waals surface area contributed by atoms with Crippen molar-refractivity contribution in [1.82, 2.24) is 9.97 Å². The highest BCUT2D eigenvalue weighted by atomic mass is 16.1. The summed E-state index contributed by atoms with van der Waals surface area (Å²) in [6.45, 7) is 4.15. The van der Waals surface area contributed by atoms with Crippen molar-refractivity contribution in [2.24, 2.45) is 0 Å². The van der Waals surface area contributed by atoms with E-state index in [1.807, 2.05) is 13.0 Å². The average molecular weight is 280 g/mol. The Morgan fingerprint density at radius 3 is 2.67 bits per heavy atom. The number of nitrogens with zero attached hydrogens (tertiary/aromatic N) is 1. The predicted molar refractivity (Wildman–Crippen MR) is 87.8 cm³/mol. The van der Waals surface area contributed by atoms with Gasteiger partial charge in [0.2, 0.25) is 0 Å². The molecular weight excluding hydrogens is 260 g/mol. The number of H-pyrrole nitrogens is 1. The number of fused-ring (bicyclic) bond motifs is 3. The SMILES string of the molecule is CCCCCc1cc2nc(=O)[nH]c(C)c2c2ccccc12. The lowest BCUT2D eigenvalue weighted by Gasteiger charge is -2.11. The maximum Gasteiger partial charge on any atom is 0.345 e. The number of rotatable bonds is 4. The predicted octanol–water partition coefficient (Wildman–Crippen LogP) is 4.12. The van der Waals surface area contributed by atoms with E-state index in [4.69, 9.17) is 0 Å². The molecule has 0 amide bonds. The van der Waals surface area contributed by atoms with Gasteiger partial charge in [-0.25, -0.2) is 4.79 Å². The van der Waals surface area contributed by atoms with Crippen LogP contribution in [0.5, 0.6) is 0 Å². The fraction of sp³-hybridized carbons (Fsp3) is 0.333. The summed E-state index contributed by atoms with van der Waals surface area (Å²) < 4.78 is 0. The van der Waals surface area contributed by atoms with Gasteiger partial charge in [0.05, 0.1) is 5.52 Å². The molecule has 3 nitrogen and oxygen atoms in total. The average Bonchev–Trinajstić information content (AvgIpc) is 2.46. The number of unbranched alkanes of at least 4 members (excludes halogenated alkanes) is 2. The smallest absolute Gasteiger partial charge is 0.309 e. The molecule has 21 heavy (non-hydrogen) atoms. The van der Waals surface area contributed by atoms with Gasteiger partial charge < -0.3 is 4.98 Å². The number of hydrogen-bond acceptors (Lipinski definition) is 2. The molecule has 0 radical (unpaired) electrons. The second-order valence-electron chi connectivity index (χ2n) is 5.60. The topological polar surface area (TPSA) is 45.8 Å². The van der Waals surface area contributed by atoms with E-state index in [0.717, 1.165) is 23.0 Å². The highest BCUT2D eigenvalue weighted by Gasteiger charge is 2.10. The number of hydrogen-bond donors (Lipinski definition) is 1. The molecule has 0 aliphatic carbocycles. The minimum Gasteiger partial charge on any atom is -0.309 e. The zero-order valence-corrected chi connectivity index (χ0v) is 12.6. The second-order valence-corrected chi connectivity index (χ2v) is 5.60. The van der Waals surface area contributed by atoms with Crippen molar-refractivity contribution in [3.63, 3.8) is 0 Å². The van der Waals surface area contributed by atoms with E-state index in [1.54, 1.807) is 0 Å². The molecule has 1 N–H and O–H groups in total. The van der Waals surface area contributed by atoms with Gasteiger partial charge in [-0.2, -0.15) is 4.98 Å². The zero-order valence-electron chi connectivity index (χ0n) is 12.6. The number of aryl methyl sites for hydroxylation is 2. The van der Waals surface area contributed by atoms with Gasteiger partial charge in [-0.1, -0.05) is 44.0 Å². The van der Waals surface area contributed by atoms with Crippen molar-refractivity contribution in [3.05, 3.63) is 52.1 Å². The minimum atomic E-state index is -0.269. The number of benzene rings is 2. The second kappa shape index (κ2) is 5.68. The first kappa shape index (κ1) is 13.8. The van der Waals surface area contributed by atoms with Crippen LogP contribution in [-0.2, 0) is 6.42 Å². The van der Waals surface area contributed by atoms with Gasteiger partial charge in [-0.3, -0.25) is 0 Å². The Labute approximate surface area is 124 Å². The van der Waals surface area contributed by atoms with E-state index in [1.165, 1.54) is 35.6 Å². The number of aromatic amines is 1. The Morgan fingerprint density at radius 1 is 1.14 bits per heavy atom. The summed E-state index contributed by atoms with van der Waals surface area (Å²) in [4.78, 5) is 18.6. The molecule has 0 bridgehead atoms. The van der Waals surface area contributed by atoms with Crippen molar-refractivity contribution < 1.29 is 0 Å². The lowest BCUT2D eigenvalue weighted by molar-refractivity contribution is 0.720. The lowest BCUT2D eigenvalue weighted by atomic mass is 9.96. The van der Waals surface area contributed by atoms with Gasteiger partial charge in [0.1, 0.15) is 0 Å². The summed E-state index contributed by atoms with van der Waals surface area (Å²) in [6.07, 6.45) is 4.66. The first-order valence-electron chi connectivity index (χ1n) is 7.62. The Hall–Kier alpha value is -2.16. The standard InChI is InChI=1S/C18H20N2O/c1-3-4-5-8-13-11-16-17(12(2)19-18(21)20-16)15-10-7-6-9-14(13)15/h6-7,9-11H,3-5,8H2,1-2H3,(H,19,20,21). The van der Waals surface area contributed by atoms with Crippen LogP contribution in [0.25, 0.3) is 21.7 Å². The summed E-state index contributed by atoms with van der Waals surface area (Å²) in [7, 11) is 0. The Balaban J connectivity index is 2.29. The van der Waals surface area contributed by atoms with Gasteiger partial charge in [0, 0.05) is 11.1 Å². The van der Waals surface area contributed by atoms with Gasteiger partial charge in [0.15, 0.2) is 0 Å². The largest absolute Gasteiger partial charge is 0.345 e. The third-order valence-electron chi connectivity index (χ3n) is 4.05. The maximum atomic E-state index is 11.6. The molecule has 0 aliphatic heterocycles. The van der Waals surface area contributed by atoms with E-state index in [2.05, 4.69) is 41.2 Å². The zero-order chi connectivity index (χ0) is 14.8. The summed E-state index contributed by atoms with van der Waals surface area (Å²) in [5, 5.41) is 3.52. The first-order valence-corrected chi connectivity index (χ1v) is 7.62. The van der Waals surface area contributed by atoms with Crippen LogP contribution in [0.1, 0.15) is 37.4 Å². The minimum absolute atomic E-state index is 0.269. The van der Waals surface area contributed by atoms with E-state index >= 15 is 0 Å². The Morgan fingerprint density at radius 2 is 1.90 bits per heavy atom. The summed E-state index contributed by atoms with van der Waals surface area (Å²) in [5.74, 6) is 0. The fourth-order valence-electron chi connectivity index (χ4n) is 3.05. The third kappa shape index (κ3) is 2.56. The van der Waals surface area contributed by atoms with Crippen LogP contribution >= 0.6 is 0 Å². The molecule has 1 aromatic heterocycles. The van der Waals surface area contributed by atoms with Crippen LogP contribution in [0.3, 0.4) is 0 Å². The molecule has 0 atom stereocenters. The molecule has 108 valence electrons. The highest BCUT2D eigenvalue weighted by molar-refractivity contribution is 6.08. The van der Waals surface area contributed by atoms with Crippen molar-refractivity contribution in [2.45, 2.75) is 39.5 Å². The third-order valence-corrected chi connectivity index (χ3v) is 4.05. The maximum absolute atomic E-state index is 11.6. The van der Waals surface area contributed by atoms with Crippen molar-refractivity contribution in [2.75, 3.05) is 0 Å². The van der Waals surface area contributed by atoms with Crippen LogP contribution in [0.15, 0.2) is 35.1 Å². The molecule has 0 aliphatic rings. The molecule has 3 aromatic rings. The van der Waals surface area contributed by atoms with E-state index in [-0.39, 0.29) is 5.69 Å². The monoisotopic (exact) mass is 280 g/mol. The van der Waals surface area contributed by atoms with Crippen LogP contribution in [-0.4, -0.2) is 9.97 Å². The van der Waals surface area contributed by atoms with E-state index in [9.17, 15) is 4.79 Å². The first-order chi connectivity index (χ1) is 10.2. The molecule has 0 unspecified atom stereocenters. The van der Waals surface area contributed by atoms with Gasteiger partial charge in [0.25, 0.3) is 0 Å². The molecule has 0 saturated carbocycles. The molecule has 3 rings (SSSR count). The van der Waals surface area contributed by atoms with Crippen LogP contribution in [0.4, 0.5) is 0 Å². The Bertz CT molecular complexity index is 849. The van der Waals surface area contributed by atoms with Crippen LogP contribution in [0.2, 0.25) is 0 Å². The number of aromatic nitrogens is 2. The van der Waals surface area contributed by atoms with Gasteiger partial charge >= 0.3 is 5.69 Å². The normalized spacial score (nSPS) is 11.3.